The van der Waals surface area contributed by atoms with Crippen molar-refractivity contribution in [1.29, 1.82) is 0 Å². The molecule has 7 heteroatoms. The van der Waals surface area contributed by atoms with Crippen LogP contribution >= 0.6 is 0 Å². The van der Waals surface area contributed by atoms with Crippen molar-refractivity contribution in [3.8, 4) is 34.5 Å². The number of rotatable bonds is 1. The van der Waals surface area contributed by atoms with Crippen LogP contribution in [0.1, 0.15) is 66.3 Å². The molecular formula is C25H24O7. The average molecular weight is 436 g/mol. The lowest BCUT2D eigenvalue weighted by atomic mass is 9.68. The number of benzene rings is 2. The maximum atomic E-state index is 13.4. The van der Waals surface area contributed by atoms with Gasteiger partial charge in [0.15, 0.2) is 17.3 Å². The molecule has 0 bridgehead atoms. The lowest BCUT2D eigenvalue weighted by Crippen LogP contribution is -2.37. The quantitative estimate of drug-likeness (QED) is 0.378. The van der Waals surface area contributed by atoms with Crippen molar-refractivity contribution in [3.63, 3.8) is 0 Å². The molecule has 0 aromatic heterocycles. The van der Waals surface area contributed by atoms with E-state index in [1.54, 1.807) is 19.1 Å². The summed E-state index contributed by atoms with van der Waals surface area (Å²) in [6.45, 7) is 9.52. The lowest BCUT2D eigenvalue weighted by molar-refractivity contribution is 0.0573. The van der Waals surface area contributed by atoms with Gasteiger partial charge in [-0.15, -0.1) is 0 Å². The zero-order chi connectivity index (χ0) is 23.1. The molecule has 0 saturated carbocycles. The summed E-state index contributed by atoms with van der Waals surface area (Å²) in [6, 6.07) is 2.35. The van der Waals surface area contributed by atoms with Crippen molar-refractivity contribution in [2.24, 2.45) is 5.92 Å². The molecule has 166 valence electrons. The topological polar surface area (TPSA) is 116 Å². The van der Waals surface area contributed by atoms with E-state index in [0.717, 1.165) is 6.07 Å². The van der Waals surface area contributed by atoms with Crippen molar-refractivity contribution < 1.29 is 34.7 Å². The molecule has 0 amide bonds. The molecule has 32 heavy (non-hydrogen) atoms. The third-order valence-corrected chi connectivity index (χ3v) is 6.52. The van der Waals surface area contributed by atoms with Crippen LogP contribution in [0.5, 0.6) is 34.5 Å². The van der Waals surface area contributed by atoms with Crippen LogP contribution in [0, 0.1) is 5.92 Å². The van der Waals surface area contributed by atoms with Crippen LogP contribution in [0.4, 0.5) is 0 Å². The lowest BCUT2D eigenvalue weighted by Gasteiger charge is -2.42. The average Bonchev–Trinajstić information content (AvgIpc) is 2.69. The van der Waals surface area contributed by atoms with Crippen LogP contribution in [-0.4, -0.2) is 31.8 Å². The van der Waals surface area contributed by atoms with Crippen LogP contribution in [0.15, 0.2) is 30.4 Å². The number of allylic oxidation sites excluding steroid dienone is 1. The highest BCUT2D eigenvalue weighted by Crippen LogP contribution is 2.60. The van der Waals surface area contributed by atoms with Gasteiger partial charge in [0.2, 0.25) is 0 Å². The predicted molar refractivity (Wildman–Crippen MR) is 117 cm³/mol. The number of aromatic hydroxyl groups is 4. The second-order valence-corrected chi connectivity index (χ2v) is 9.29. The van der Waals surface area contributed by atoms with Crippen molar-refractivity contribution in [2.45, 2.75) is 44.8 Å². The van der Waals surface area contributed by atoms with Gasteiger partial charge < -0.3 is 29.9 Å². The van der Waals surface area contributed by atoms with Crippen molar-refractivity contribution in [3.05, 3.63) is 52.6 Å². The molecular weight excluding hydrogens is 412 g/mol. The number of hydrogen-bond acceptors (Lipinski definition) is 7. The smallest absolute Gasteiger partial charge is 0.177 e. The Balaban J connectivity index is 1.78. The first-order chi connectivity index (χ1) is 15.0. The van der Waals surface area contributed by atoms with E-state index in [-0.39, 0.29) is 52.3 Å². The summed E-state index contributed by atoms with van der Waals surface area (Å²) >= 11 is 0. The maximum absolute atomic E-state index is 13.4. The molecule has 4 N–H and O–H groups in total. The Bertz CT molecular complexity index is 1240. The zero-order valence-electron chi connectivity index (χ0n) is 18.0. The van der Waals surface area contributed by atoms with Crippen molar-refractivity contribution >= 4 is 11.9 Å². The molecule has 1 aliphatic carbocycles. The van der Waals surface area contributed by atoms with Gasteiger partial charge in [0.25, 0.3) is 0 Å². The summed E-state index contributed by atoms with van der Waals surface area (Å²) < 4.78 is 12.1. The Morgan fingerprint density at radius 3 is 2.53 bits per heavy atom. The highest BCUT2D eigenvalue weighted by Gasteiger charge is 2.49. The highest BCUT2D eigenvalue weighted by molar-refractivity contribution is 6.04. The number of fused-ring (bicyclic) bond motifs is 5. The second kappa shape index (κ2) is 6.45. The summed E-state index contributed by atoms with van der Waals surface area (Å²) in [7, 11) is 0. The standard InChI is InChI=1S/C25H24O7/c1-10(2)13-9-14-21(29)18-15(27)7-11(26)8-16(18)31-23(14)19-17(13)22(30)24-12(20(19)28)5-6-25(3,4)32-24/h5-8,13-14,23,26-28,30H,1,9H2,2-4H3. The molecule has 0 spiro atoms. The van der Waals surface area contributed by atoms with Crippen LogP contribution < -0.4 is 9.47 Å². The van der Waals surface area contributed by atoms with E-state index in [1.807, 2.05) is 13.8 Å². The summed E-state index contributed by atoms with van der Waals surface area (Å²) in [5.74, 6) is -2.17. The molecule has 7 nitrogen and oxygen atoms in total. The van der Waals surface area contributed by atoms with Crippen molar-refractivity contribution in [1.82, 2.24) is 0 Å². The molecule has 3 atom stereocenters. The van der Waals surface area contributed by atoms with Gasteiger partial charge in [0.1, 0.15) is 40.3 Å². The fraction of sp³-hybridized carbons (Fsp3) is 0.320. The maximum Gasteiger partial charge on any atom is 0.177 e. The number of phenols is 4. The van der Waals surface area contributed by atoms with Gasteiger partial charge in [-0.3, -0.25) is 4.79 Å². The molecule has 3 aliphatic rings. The molecule has 0 saturated heterocycles. The number of Topliss-reactive ketones (excluding diaryl/α,β-unsaturated/α-hetero) is 1. The van der Waals surface area contributed by atoms with Crippen LogP contribution in [-0.2, 0) is 0 Å². The molecule has 0 fully saturated rings. The number of ether oxygens (including phenoxy) is 2. The van der Waals surface area contributed by atoms with E-state index >= 15 is 0 Å². The number of hydrogen-bond donors (Lipinski definition) is 4. The monoisotopic (exact) mass is 436 g/mol. The Kier molecular flexibility index (Phi) is 4.09. The van der Waals surface area contributed by atoms with E-state index in [2.05, 4.69) is 6.58 Å². The van der Waals surface area contributed by atoms with E-state index in [0.29, 0.717) is 22.3 Å². The minimum atomic E-state index is -0.915. The van der Waals surface area contributed by atoms with Gasteiger partial charge in [-0.25, -0.2) is 0 Å². The van der Waals surface area contributed by atoms with Gasteiger partial charge in [-0.1, -0.05) is 12.2 Å². The minimum absolute atomic E-state index is 0.000356. The zero-order valence-corrected chi connectivity index (χ0v) is 18.0. The third-order valence-electron chi connectivity index (χ3n) is 6.52. The van der Waals surface area contributed by atoms with E-state index < -0.39 is 23.5 Å². The van der Waals surface area contributed by atoms with Crippen molar-refractivity contribution in [2.75, 3.05) is 0 Å². The molecule has 0 radical (unpaired) electrons. The first kappa shape index (κ1) is 20.3. The van der Waals surface area contributed by atoms with E-state index in [9.17, 15) is 25.2 Å². The van der Waals surface area contributed by atoms with E-state index in [1.165, 1.54) is 6.07 Å². The first-order valence-corrected chi connectivity index (χ1v) is 10.4. The second-order valence-electron chi connectivity index (χ2n) is 9.29. The fourth-order valence-corrected chi connectivity index (χ4v) is 5.02. The number of phenolic OH excluding ortho intramolecular Hbond substituents is 4. The molecule has 2 aromatic rings. The molecule has 2 heterocycles. The molecule has 2 aromatic carbocycles. The Labute approximate surface area is 184 Å². The van der Waals surface area contributed by atoms with Gasteiger partial charge in [-0.2, -0.15) is 0 Å². The van der Waals surface area contributed by atoms with Gasteiger partial charge in [-0.05, 0) is 39.3 Å². The van der Waals surface area contributed by atoms with Gasteiger partial charge >= 0.3 is 0 Å². The third kappa shape index (κ3) is 2.70. The minimum Gasteiger partial charge on any atom is -0.508 e. The molecule has 3 unspecified atom stereocenters. The largest absolute Gasteiger partial charge is 0.508 e. The summed E-state index contributed by atoms with van der Waals surface area (Å²) in [5, 5.41) is 42.7. The van der Waals surface area contributed by atoms with E-state index in [4.69, 9.17) is 9.47 Å². The Hall–Kier alpha value is -3.61. The van der Waals surface area contributed by atoms with Gasteiger partial charge in [0, 0.05) is 29.2 Å². The first-order valence-electron chi connectivity index (χ1n) is 10.4. The van der Waals surface area contributed by atoms with Crippen LogP contribution in [0.3, 0.4) is 0 Å². The fourth-order valence-electron chi connectivity index (χ4n) is 5.02. The molecule has 5 rings (SSSR count). The summed E-state index contributed by atoms with van der Waals surface area (Å²) in [6.07, 6.45) is 2.82. The Morgan fingerprint density at radius 2 is 1.84 bits per heavy atom. The SMILES string of the molecule is C=C(C)C1CC2C(=O)c3c(O)cc(O)cc3OC2c2c(O)c3c(c(O)c21)OC(C)(C)C=C3. The summed E-state index contributed by atoms with van der Waals surface area (Å²) in [5.41, 5.74) is 1.05. The number of carbonyl (C=O) groups is 1. The summed E-state index contributed by atoms with van der Waals surface area (Å²) in [4.78, 5) is 13.4. The highest BCUT2D eigenvalue weighted by atomic mass is 16.5. The Morgan fingerprint density at radius 1 is 1.12 bits per heavy atom. The number of carbonyl (C=O) groups excluding carboxylic acids is 1. The number of ketones is 1. The van der Waals surface area contributed by atoms with Gasteiger partial charge in [0.05, 0.1) is 11.5 Å². The predicted octanol–water partition coefficient (Wildman–Crippen LogP) is 4.69. The molecule has 2 aliphatic heterocycles. The van der Waals surface area contributed by atoms with Crippen LogP contribution in [0.2, 0.25) is 0 Å². The van der Waals surface area contributed by atoms with Crippen LogP contribution in [0.25, 0.3) is 6.08 Å². The normalized spacial score (nSPS) is 24.3.